The molecule has 0 aliphatic heterocycles. The Hall–Kier alpha value is 0.310. The SMILES string of the molecule is CCCCSC(CC)CN. The molecule has 0 fully saturated rings. The monoisotopic (exact) mass is 161 g/mol. The van der Waals surface area contributed by atoms with E-state index in [-0.39, 0.29) is 0 Å². The van der Waals surface area contributed by atoms with Crippen molar-refractivity contribution in [3.63, 3.8) is 0 Å². The molecule has 10 heavy (non-hydrogen) atoms. The van der Waals surface area contributed by atoms with Gasteiger partial charge in [0, 0.05) is 11.8 Å². The third-order valence-electron chi connectivity index (χ3n) is 1.57. The van der Waals surface area contributed by atoms with Crippen LogP contribution in [0.2, 0.25) is 0 Å². The second-order valence-corrected chi connectivity index (χ2v) is 3.90. The van der Waals surface area contributed by atoms with E-state index in [4.69, 9.17) is 5.73 Å². The van der Waals surface area contributed by atoms with E-state index in [2.05, 4.69) is 13.8 Å². The molecule has 0 aromatic heterocycles. The van der Waals surface area contributed by atoms with Gasteiger partial charge >= 0.3 is 0 Å². The summed E-state index contributed by atoms with van der Waals surface area (Å²) in [5.41, 5.74) is 5.54. The van der Waals surface area contributed by atoms with Crippen LogP contribution in [0.25, 0.3) is 0 Å². The maximum atomic E-state index is 5.54. The first-order chi connectivity index (χ1) is 4.85. The molecule has 0 saturated carbocycles. The summed E-state index contributed by atoms with van der Waals surface area (Å²) in [5, 5.41) is 0.701. The van der Waals surface area contributed by atoms with Gasteiger partial charge in [0.2, 0.25) is 0 Å². The van der Waals surface area contributed by atoms with E-state index in [1.807, 2.05) is 11.8 Å². The molecule has 0 aliphatic carbocycles. The fourth-order valence-corrected chi connectivity index (χ4v) is 1.91. The second kappa shape index (κ2) is 7.42. The molecule has 1 nitrogen and oxygen atoms in total. The molecule has 0 radical (unpaired) electrons. The molecule has 0 saturated heterocycles. The van der Waals surface area contributed by atoms with Crippen LogP contribution < -0.4 is 5.73 Å². The minimum absolute atomic E-state index is 0.701. The summed E-state index contributed by atoms with van der Waals surface area (Å²) >= 11 is 2.02. The fraction of sp³-hybridized carbons (Fsp3) is 1.00. The highest BCUT2D eigenvalue weighted by Crippen LogP contribution is 2.14. The lowest BCUT2D eigenvalue weighted by molar-refractivity contribution is 0.819. The van der Waals surface area contributed by atoms with E-state index in [1.54, 1.807) is 0 Å². The Morgan fingerprint density at radius 1 is 1.40 bits per heavy atom. The second-order valence-electron chi connectivity index (χ2n) is 2.49. The maximum absolute atomic E-state index is 5.54. The summed E-state index contributed by atoms with van der Waals surface area (Å²) in [5.74, 6) is 1.28. The zero-order valence-electron chi connectivity index (χ0n) is 7.10. The van der Waals surface area contributed by atoms with E-state index >= 15 is 0 Å². The Balaban J connectivity index is 3.09. The number of hydrogen-bond donors (Lipinski definition) is 1. The van der Waals surface area contributed by atoms with Crippen LogP contribution in [0.3, 0.4) is 0 Å². The quantitative estimate of drug-likeness (QED) is 0.605. The lowest BCUT2D eigenvalue weighted by atomic mass is 10.3. The first-order valence-corrected chi connectivity index (χ1v) is 5.21. The molecule has 0 bridgehead atoms. The lowest BCUT2D eigenvalue weighted by Gasteiger charge is -2.10. The molecule has 0 rings (SSSR count). The third-order valence-corrected chi connectivity index (χ3v) is 3.09. The summed E-state index contributed by atoms with van der Waals surface area (Å²) < 4.78 is 0. The van der Waals surface area contributed by atoms with Crippen LogP contribution in [0.4, 0.5) is 0 Å². The summed E-state index contributed by atoms with van der Waals surface area (Å²) in [6.07, 6.45) is 3.85. The van der Waals surface area contributed by atoms with Crippen LogP contribution in [0.1, 0.15) is 33.1 Å². The normalized spacial score (nSPS) is 13.5. The van der Waals surface area contributed by atoms with Crippen LogP contribution in [0.5, 0.6) is 0 Å². The van der Waals surface area contributed by atoms with E-state index in [1.165, 1.54) is 25.0 Å². The van der Waals surface area contributed by atoms with Crippen molar-refractivity contribution < 1.29 is 0 Å². The molecular formula is C8H19NS. The predicted octanol–water partition coefficient (Wildman–Crippen LogP) is 2.26. The first kappa shape index (κ1) is 10.3. The smallest absolute Gasteiger partial charge is 0.0167 e. The number of unbranched alkanes of at least 4 members (excludes halogenated alkanes) is 1. The third kappa shape index (κ3) is 5.12. The molecule has 0 aromatic carbocycles. The van der Waals surface area contributed by atoms with Crippen molar-refractivity contribution in [2.24, 2.45) is 5.73 Å². The summed E-state index contributed by atoms with van der Waals surface area (Å²) in [7, 11) is 0. The van der Waals surface area contributed by atoms with Gasteiger partial charge < -0.3 is 5.73 Å². The predicted molar refractivity (Wildman–Crippen MR) is 50.5 cm³/mol. The van der Waals surface area contributed by atoms with Crippen LogP contribution in [-0.4, -0.2) is 17.5 Å². The molecule has 0 amide bonds. The molecule has 0 spiro atoms. The average Bonchev–Trinajstić information content (AvgIpc) is 1.99. The van der Waals surface area contributed by atoms with Crippen LogP contribution in [0, 0.1) is 0 Å². The summed E-state index contributed by atoms with van der Waals surface area (Å²) in [4.78, 5) is 0. The Morgan fingerprint density at radius 3 is 2.50 bits per heavy atom. The van der Waals surface area contributed by atoms with E-state index in [0.717, 1.165) is 6.54 Å². The van der Waals surface area contributed by atoms with Crippen molar-refractivity contribution in [2.45, 2.75) is 38.4 Å². The van der Waals surface area contributed by atoms with Gasteiger partial charge in [-0.05, 0) is 18.6 Å². The minimum atomic E-state index is 0.701. The highest BCUT2D eigenvalue weighted by atomic mass is 32.2. The van der Waals surface area contributed by atoms with Gasteiger partial charge in [0.05, 0.1) is 0 Å². The molecule has 0 heterocycles. The topological polar surface area (TPSA) is 26.0 Å². The number of thioether (sulfide) groups is 1. The van der Waals surface area contributed by atoms with E-state index < -0.39 is 0 Å². The van der Waals surface area contributed by atoms with Crippen molar-refractivity contribution in [1.29, 1.82) is 0 Å². The maximum Gasteiger partial charge on any atom is 0.0167 e. The molecular weight excluding hydrogens is 142 g/mol. The largest absolute Gasteiger partial charge is 0.329 e. The van der Waals surface area contributed by atoms with Gasteiger partial charge in [-0.25, -0.2) is 0 Å². The lowest BCUT2D eigenvalue weighted by Crippen LogP contribution is -2.15. The van der Waals surface area contributed by atoms with Crippen molar-refractivity contribution >= 4 is 11.8 Å². The highest BCUT2D eigenvalue weighted by molar-refractivity contribution is 7.99. The Labute approximate surface area is 68.8 Å². The van der Waals surface area contributed by atoms with Crippen molar-refractivity contribution in [1.82, 2.24) is 0 Å². The molecule has 0 aromatic rings. The fourth-order valence-electron chi connectivity index (χ4n) is 0.747. The first-order valence-electron chi connectivity index (χ1n) is 4.16. The zero-order valence-corrected chi connectivity index (χ0v) is 7.91. The molecule has 1 atom stereocenters. The van der Waals surface area contributed by atoms with Gasteiger partial charge in [0.15, 0.2) is 0 Å². The van der Waals surface area contributed by atoms with Crippen LogP contribution >= 0.6 is 11.8 Å². The van der Waals surface area contributed by atoms with Gasteiger partial charge in [0.25, 0.3) is 0 Å². The van der Waals surface area contributed by atoms with Crippen LogP contribution in [-0.2, 0) is 0 Å². The minimum Gasteiger partial charge on any atom is -0.329 e. The zero-order chi connectivity index (χ0) is 7.82. The van der Waals surface area contributed by atoms with Gasteiger partial charge in [0.1, 0.15) is 0 Å². The van der Waals surface area contributed by atoms with Crippen molar-refractivity contribution in [3.05, 3.63) is 0 Å². The Bertz CT molecular complexity index is 62.3. The molecule has 1 unspecified atom stereocenters. The Morgan fingerprint density at radius 2 is 2.10 bits per heavy atom. The molecule has 62 valence electrons. The van der Waals surface area contributed by atoms with Crippen molar-refractivity contribution in [2.75, 3.05) is 12.3 Å². The average molecular weight is 161 g/mol. The van der Waals surface area contributed by atoms with Crippen LogP contribution in [0.15, 0.2) is 0 Å². The number of nitrogens with two attached hydrogens (primary N) is 1. The van der Waals surface area contributed by atoms with E-state index in [0.29, 0.717) is 5.25 Å². The summed E-state index contributed by atoms with van der Waals surface area (Å²) in [6.45, 7) is 5.27. The summed E-state index contributed by atoms with van der Waals surface area (Å²) in [6, 6.07) is 0. The number of hydrogen-bond acceptors (Lipinski definition) is 2. The van der Waals surface area contributed by atoms with E-state index in [9.17, 15) is 0 Å². The molecule has 2 N–H and O–H groups in total. The molecule has 0 aliphatic rings. The van der Waals surface area contributed by atoms with Gasteiger partial charge in [-0.2, -0.15) is 11.8 Å². The van der Waals surface area contributed by atoms with Crippen molar-refractivity contribution in [3.8, 4) is 0 Å². The Kier molecular flexibility index (Phi) is 7.65. The highest BCUT2D eigenvalue weighted by Gasteiger charge is 2.01. The van der Waals surface area contributed by atoms with Gasteiger partial charge in [-0.3, -0.25) is 0 Å². The van der Waals surface area contributed by atoms with Gasteiger partial charge in [-0.15, -0.1) is 0 Å². The molecule has 2 heteroatoms. The number of rotatable bonds is 6. The standard InChI is InChI=1S/C8H19NS/c1-3-5-6-10-8(4-2)7-9/h8H,3-7,9H2,1-2H3. The van der Waals surface area contributed by atoms with Gasteiger partial charge in [-0.1, -0.05) is 20.3 Å².